The van der Waals surface area contributed by atoms with E-state index in [4.69, 9.17) is 4.74 Å². The number of hydrogen-bond acceptors (Lipinski definition) is 6. The van der Waals surface area contributed by atoms with Gasteiger partial charge < -0.3 is 19.5 Å². The van der Waals surface area contributed by atoms with Gasteiger partial charge in [-0.3, -0.25) is 0 Å². The molecule has 0 radical (unpaired) electrons. The molecule has 2 heterocycles. The molecule has 1 N–H and O–H groups in total. The number of carboxylic acid groups (broad SMARTS) is 1. The summed E-state index contributed by atoms with van der Waals surface area (Å²) in [4.78, 5) is 17.2. The van der Waals surface area contributed by atoms with Crippen molar-refractivity contribution in [1.29, 1.82) is 0 Å². The summed E-state index contributed by atoms with van der Waals surface area (Å²) >= 11 is 1.13. The highest BCUT2D eigenvalue weighted by Gasteiger charge is 2.31. The van der Waals surface area contributed by atoms with Crippen LogP contribution in [0.25, 0.3) is 10.2 Å². The highest BCUT2D eigenvalue weighted by molar-refractivity contribution is 7.22. The second-order valence-electron chi connectivity index (χ2n) is 4.60. The third kappa shape index (κ3) is 2.81. The normalized spacial score (nSPS) is 18.9. The molecule has 0 bridgehead atoms. The minimum Gasteiger partial charge on any atom is -0.480 e. The number of carbonyl (C=O) groups is 1. The maximum absolute atomic E-state index is 12.4. The van der Waals surface area contributed by atoms with Crippen LogP contribution < -0.4 is 9.64 Å². The van der Waals surface area contributed by atoms with Crippen LogP contribution in [0.15, 0.2) is 18.2 Å². The van der Waals surface area contributed by atoms with Crippen molar-refractivity contribution in [3.63, 3.8) is 0 Å². The van der Waals surface area contributed by atoms with Gasteiger partial charge >= 0.3 is 12.6 Å². The molecule has 1 unspecified atom stereocenters. The molecule has 22 heavy (non-hydrogen) atoms. The maximum Gasteiger partial charge on any atom is 0.387 e. The van der Waals surface area contributed by atoms with Gasteiger partial charge in [0.1, 0.15) is 5.75 Å². The van der Waals surface area contributed by atoms with Crippen LogP contribution in [0.2, 0.25) is 0 Å². The lowest BCUT2D eigenvalue weighted by Gasteiger charge is -2.32. The molecule has 3 rings (SSSR count). The van der Waals surface area contributed by atoms with Gasteiger partial charge in [-0.25, -0.2) is 9.78 Å². The Morgan fingerprint density at radius 1 is 1.55 bits per heavy atom. The first kappa shape index (κ1) is 14.9. The minimum absolute atomic E-state index is 0.0383. The van der Waals surface area contributed by atoms with E-state index in [1.54, 1.807) is 17.0 Å². The number of alkyl halides is 2. The molecule has 1 aliphatic heterocycles. The molecule has 1 atom stereocenters. The number of rotatable bonds is 4. The van der Waals surface area contributed by atoms with Crippen LogP contribution >= 0.6 is 11.3 Å². The van der Waals surface area contributed by atoms with Crippen LogP contribution in [0, 0.1) is 0 Å². The monoisotopic (exact) mass is 330 g/mol. The summed E-state index contributed by atoms with van der Waals surface area (Å²) in [5.74, 6) is -0.973. The first-order chi connectivity index (χ1) is 10.6. The first-order valence-corrected chi connectivity index (χ1v) is 7.29. The summed E-state index contributed by atoms with van der Waals surface area (Å²) in [5.41, 5.74) is 0.494. The Hall–Kier alpha value is -2.00. The summed E-state index contributed by atoms with van der Waals surface area (Å²) in [6.07, 6.45) is 0. The Morgan fingerprint density at radius 3 is 3.09 bits per heavy atom. The zero-order valence-corrected chi connectivity index (χ0v) is 12.1. The lowest BCUT2D eigenvalue weighted by Crippen LogP contribution is -2.50. The average Bonchev–Trinajstić information content (AvgIpc) is 2.91. The molecule has 1 fully saturated rings. The first-order valence-electron chi connectivity index (χ1n) is 6.48. The van der Waals surface area contributed by atoms with Crippen LogP contribution in [0.1, 0.15) is 0 Å². The van der Waals surface area contributed by atoms with E-state index in [0.717, 1.165) is 11.3 Å². The fourth-order valence-corrected chi connectivity index (χ4v) is 3.36. The van der Waals surface area contributed by atoms with E-state index in [-0.39, 0.29) is 12.4 Å². The van der Waals surface area contributed by atoms with Gasteiger partial charge in [-0.05, 0) is 12.1 Å². The Balaban J connectivity index is 1.99. The number of ether oxygens (including phenoxy) is 2. The molecule has 1 aromatic heterocycles. The number of aromatic nitrogens is 1. The highest BCUT2D eigenvalue weighted by atomic mass is 32.1. The topological polar surface area (TPSA) is 71.9 Å². The number of morpholine rings is 1. The van der Waals surface area contributed by atoms with Crippen LogP contribution in [-0.2, 0) is 9.53 Å². The van der Waals surface area contributed by atoms with Gasteiger partial charge in [0, 0.05) is 6.54 Å². The van der Waals surface area contributed by atoms with Crippen molar-refractivity contribution in [2.24, 2.45) is 0 Å². The number of fused-ring (bicyclic) bond motifs is 1. The second kappa shape index (κ2) is 6.01. The van der Waals surface area contributed by atoms with E-state index in [9.17, 15) is 18.7 Å². The number of nitrogens with zero attached hydrogens (tertiary/aromatic N) is 2. The highest BCUT2D eigenvalue weighted by Crippen LogP contribution is 2.37. The fraction of sp³-hybridized carbons (Fsp3) is 0.385. The number of aliphatic carboxylic acids is 1. The van der Waals surface area contributed by atoms with Crippen LogP contribution in [0.3, 0.4) is 0 Å². The fourth-order valence-electron chi connectivity index (χ4n) is 2.26. The summed E-state index contributed by atoms with van der Waals surface area (Å²) < 4.78 is 35.0. The molecule has 0 spiro atoms. The minimum atomic E-state index is -2.92. The van der Waals surface area contributed by atoms with Crippen molar-refractivity contribution < 1.29 is 28.2 Å². The smallest absolute Gasteiger partial charge is 0.387 e. The molecule has 1 aromatic carbocycles. The number of halogens is 2. The van der Waals surface area contributed by atoms with Gasteiger partial charge in [-0.1, -0.05) is 17.4 Å². The summed E-state index contributed by atoms with van der Waals surface area (Å²) in [6.45, 7) is -2.10. The molecule has 0 saturated carbocycles. The molecular formula is C13H12F2N2O4S. The molecule has 6 nitrogen and oxygen atoms in total. The Kier molecular flexibility index (Phi) is 4.08. The maximum atomic E-state index is 12.4. The van der Waals surface area contributed by atoms with E-state index < -0.39 is 18.6 Å². The third-order valence-electron chi connectivity index (χ3n) is 3.24. The largest absolute Gasteiger partial charge is 0.480 e. The molecule has 2 aromatic rings. The van der Waals surface area contributed by atoms with Crippen molar-refractivity contribution in [1.82, 2.24) is 4.98 Å². The van der Waals surface area contributed by atoms with Crippen LogP contribution in [-0.4, -0.2) is 48.5 Å². The van der Waals surface area contributed by atoms with Gasteiger partial charge in [0.15, 0.2) is 11.2 Å². The van der Waals surface area contributed by atoms with Crippen molar-refractivity contribution in [2.75, 3.05) is 24.7 Å². The zero-order chi connectivity index (χ0) is 15.7. The second-order valence-corrected chi connectivity index (χ2v) is 5.58. The molecular weight excluding hydrogens is 318 g/mol. The number of thiazole rings is 1. The summed E-state index contributed by atoms with van der Waals surface area (Å²) in [5, 5.41) is 9.70. The van der Waals surface area contributed by atoms with Gasteiger partial charge in [-0.15, -0.1) is 0 Å². The van der Waals surface area contributed by atoms with E-state index in [0.29, 0.717) is 28.5 Å². The van der Waals surface area contributed by atoms with E-state index >= 15 is 0 Å². The predicted octanol–water partition coefficient (Wildman–Crippen LogP) is 2.19. The predicted molar refractivity (Wildman–Crippen MR) is 75.8 cm³/mol. The van der Waals surface area contributed by atoms with E-state index in [2.05, 4.69) is 9.72 Å². The molecule has 118 valence electrons. The molecule has 0 amide bonds. The lowest BCUT2D eigenvalue weighted by molar-refractivity contribution is -0.141. The molecule has 1 aliphatic rings. The quantitative estimate of drug-likeness (QED) is 0.926. The number of hydrogen-bond donors (Lipinski definition) is 1. The van der Waals surface area contributed by atoms with Gasteiger partial charge in [0.05, 0.1) is 23.4 Å². The van der Waals surface area contributed by atoms with Gasteiger partial charge in [0.25, 0.3) is 0 Å². The Labute approximate surface area is 127 Å². The van der Waals surface area contributed by atoms with E-state index in [1.807, 2.05) is 0 Å². The SMILES string of the molecule is O=C(O)C1COCCN1c1nc2cccc(OC(F)F)c2s1. The van der Waals surface area contributed by atoms with E-state index in [1.165, 1.54) is 6.07 Å². The van der Waals surface area contributed by atoms with Crippen molar-refractivity contribution in [3.8, 4) is 5.75 Å². The van der Waals surface area contributed by atoms with Crippen LogP contribution in [0.4, 0.5) is 13.9 Å². The number of benzene rings is 1. The van der Waals surface area contributed by atoms with Gasteiger partial charge in [0.2, 0.25) is 0 Å². The molecule has 0 aliphatic carbocycles. The third-order valence-corrected chi connectivity index (χ3v) is 4.37. The summed E-state index contributed by atoms with van der Waals surface area (Å²) in [6, 6.07) is 3.83. The standard InChI is InChI=1S/C13H12F2N2O4S/c14-12(15)21-9-3-1-2-7-10(9)22-13(16-7)17-4-5-20-6-8(17)11(18)19/h1-3,8,12H,4-6H2,(H,18,19). The molecule has 1 saturated heterocycles. The van der Waals surface area contributed by atoms with Crippen molar-refractivity contribution in [3.05, 3.63) is 18.2 Å². The summed E-state index contributed by atoms with van der Waals surface area (Å²) in [7, 11) is 0. The number of anilines is 1. The number of carboxylic acids is 1. The Bertz CT molecular complexity index is 694. The van der Waals surface area contributed by atoms with Crippen LogP contribution in [0.5, 0.6) is 5.75 Å². The zero-order valence-electron chi connectivity index (χ0n) is 11.2. The van der Waals surface area contributed by atoms with Crippen molar-refractivity contribution in [2.45, 2.75) is 12.7 Å². The Morgan fingerprint density at radius 2 is 2.36 bits per heavy atom. The van der Waals surface area contributed by atoms with Crippen molar-refractivity contribution >= 4 is 32.7 Å². The van der Waals surface area contributed by atoms with Gasteiger partial charge in [-0.2, -0.15) is 8.78 Å². The lowest BCUT2D eigenvalue weighted by atomic mass is 10.2. The molecule has 9 heteroatoms. The average molecular weight is 330 g/mol.